The molecule has 0 radical (unpaired) electrons. The smallest absolute Gasteiger partial charge is 0.353 e. The summed E-state index contributed by atoms with van der Waals surface area (Å²) in [6, 6.07) is 17.7. The van der Waals surface area contributed by atoms with Gasteiger partial charge >= 0.3 is 5.97 Å². The van der Waals surface area contributed by atoms with E-state index in [4.69, 9.17) is 4.74 Å². The van der Waals surface area contributed by atoms with Crippen molar-refractivity contribution in [1.29, 1.82) is 0 Å². The number of carbonyl (C=O) groups excluding carboxylic acids is 2. The number of amides is 2. The minimum atomic E-state index is -1.18. The molecule has 3 aromatic rings. The zero-order valence-electron chi connectivity index (χ0n) is 19.2. The van der Waals surface area contributed by atoms with Crippen molar-refractivity contribution < 1.29 is 24.2 Å². The summed E-state index contributed by atoms with van der Waals surface area (Å²) in [4.78, 5) is 39.5. The number of carbonyl (C=O) groups is 3. The Morgan fingerprint density at radius 2 is 2.00 bits per heavy atom. The van der Waals surface area contributed by atoms with Crippen LogP contribution >= 0.6 is 23.5 Å². The molecule has 2 atom stereocenters. The topological polar surface area (TPSA) is 114 Å². The molecule has 5 rings (SSSR count). The van der Waals surface area contributed by atoms with Gasteiger partial charge in [-0.05, 0) is 23.8 Å². The third kappa shape index (κ3) is 4.59. The minimum absolute atomic E-state index is 0.0549. The van der Waals surface area contributed by atoms with Gasteiger partial charge < -0.3 is 15.2 Å². The predicted molar refractivity (Wildman–Crippen MR) is 136 cm³/mol. The van der Waals surface area contributed by atoms with E-state index in [0.29, 0.717) is 21.4 Å². The molecule has 1 saturated heterocycles. The van der Waals surface area contributed by atoms with Crippen LogP contribution in [0.4, 0.5) is 0 Å². The number of nitrogens with one attached hydrogen (secondary N) is 1. The van der Waals surface area contributed by atoms with Crippen LogP contribution < -0.4 is 10.1 Å². The highest BCUT2D eigenvalue weighted by Crippen LogP contribution is 2.45. The monoisotopic (exact) mass is 522 g/mol. The van der Waals surface area contributed by atoms with E-state index in [9.17, 15) is 19.5 Å². The first-order valence-electron chi connectivity index (χ1n) is 11.1. The van der Waals surface area contributed by atoms with Crippen molar-refractivity contribution in [2.75, 3.05) is 12.9 Å². The SMILES string of the molecule is COc1cccc(-n2nccc2SC2=C(C(=O)O)N3C(=O)[C@@H](NC(=O)Cc4ccccc4)[C@H]3SC2)c1. The van der Waals surface area contributed by atoms with Gasteiger partial charge in [0.1, 0.15) is 27.9 Å². The van der Waals surface area contributed by atoms with Crippen LogP contribution in [-0.4, -0.2) is 61.8 Å². The maximum Gasteiger partial charge on any atom is 0.353 e. The lowest BCUT2D eigenvalue weighted by molar-refractivity contribution is -0.150. The van der Waals surface area contributed by atoms with E-state index < -0.39 is 23.3 Å². The average Bonchev–Trinajstić information content (AvgIpc) is 3.35. The van der Waals surface area contributed by atoms with Crippen molar-refractivity contribution in [2.45, 2.75) is 22.9 Å². The molecule has 0 spiro atoms. The predicted octanol–water partition coefficient (Wildman–Crippen LogP) is 2.91. The number of ether oxygens (including phenoxy) is 1. The van der Waals surface area contributed by atoms with Crippen LogP contribution in [0, 0.1) is 0 Å². The fraction of sp³-hybridized carbons (Fsp3) is 0.200. The van der Waals surface area contributed by atoms with E-state index in [1.54, 1.807) is 24.1 Å². The molecule has 1 fully saturated rings. The number of rotatable bonds is 8. The van der Waals surface area contributed by atoms with E-state index in [0.717, 1.165) is 11.3 Å². The summed E-state index contributed by atoms with van der Waals surface area (Å²) in [7, 11) is 1.58. The first-order valence-corrected chi connectivity index (χ1v) is 12.9. The van der Waals surface area contributed by atoms with Gasteiger partial charge in [0.15, 0.2) is 0 Å². The van der Waals surface area contributed by atoms with Crippen LogP contribution in [0.25, 0.3) is 5.69 Å². The third-order valence-corrected chi connectivity index (χ3v) is 8.36. The number of hydrogen-bond donors (Lipinski definition) is 2. The molecule has 11 heteroatoms. The molecule has 0 unspecified atom stereocenters. The lowest BCUT2D eigenvalue weighted by atomic mass is 10.0. The van der Waals surface area contributed by atoms with Gasteiger partial charge in [-0.15, -0.1) is 11.8 Å². The number of nitrogens with zero attached hydrogens (tertiary/aromatic N) is 3. The third-order valence-electron chi connectivity index (χ3n) is 5.79. The van der Waals surface area contributed by atoms with E-state index in [1.807, 2.05) is 54.6 Å². The molecule has 2 amide bonds. The number of benzene rings is 2. The molecule has 2 aliphatic heterocycles. The Balaban J connectivity index is 1.34. The van der Waals surface area contributed by atoms with Crippen LogP contribution in [-0.2, 0) is 20.8 Å². The van der Waals surface area contributed by atoms with Gasteiger partial charge in [0.05, 0.1) is 25.4 Å². The first kappa shape index (κ1) is 24.0. The van der Waals surface area contributed by atoms with Crippen molar-refractivity contribution in [3.63, 3.8) is 0 Å². The average molecular weight is 523 g/mol. The summed E-state index contributed by atoms with van der Waals surface area (Å²) in [5.41, 5.74) is 1.55. The molecule has 2 N–H and O–H groups in total. The number of aromatic nitrogens is 2. The Labute approximate surface area is 215 Å². The minimum Gasteiger partial charge on any atom is -0.497 e. The lowest BCUT2D eigenvalue weighted by Crippen LogP contribution is -2.70. The molecule has 1 aromatic heterocycles. The number of fused-ring (bicyclic) bond motifs is 1. The van der Waals surface area contributed by atoms with Crippen molar-refractivity contribution in [1.82, 2.24) is 20.0 Å². The van der Waals surface area contributed by atoms with Gasteiger partial charge in [-0.1, -0.05) is 48.2 Å². The number of aliphatic carboxylic acids is 1. The normalized spacial score (nSPS) is 18.9. The second-order valence-corrected chi connectivity index (χ2v) is 10.3. The summed E-state index contributed by atoms with van der Waals surface area (Å²) >= 11 is 2.69. The van der Waals surface area contributed by atoms with Gasteiger partial charge in [-0.2, -0.15) is 5.10 Å². The van der Waals surface area contributed by atoms with Gasteiger partial charge in [0.25, 0.3) is 5.91 Å². The van der Waals surface area contributed by atoms with Gasteiger partial charge in [-0.25, -0.2) is 9.48 Å². The van der Waals surface area contributed by atoms with Crippen LogP contribution in [0.2, 0.25) is 0 Å². The summed E-state index contributed by atoms with van der Waals surface area (Å²) in [6.07, 6.45) is 1.79. The fourth-order valence-corrected chi connectivity index (χ4v) is 6.64. The number of thioether (sulfide) groups is 2. The van der Waals surface area contributed by atoms with Crippen LogP contribution in [0.1, 0.15) is 5.56 Å². The van der Waals surface area contributed by atoms with Gasteiger partial charge in [-0.3, -0.25) is 14.5 Å². The van der Waals surface area contributed by atoms with Crippen LogP contribution in [0.3, 0.4) is 0 Å². The largest absolute Gasteiger partial charge is 0.497 e. The molecule has 3 heterocycles. The molecule has 2 aromatic carbocycles. The summed E-state index contributed by atoms with van der Waals surface area (Å²) in [6.45, 7) is 0. The molecule has 0 aliphatic carbocycles. The Kier molecular flexibility index (Phi) is 6.75. The van der Waals surface area contributed by atoms with Crippen LogP contribution in [0.15, 0.2) is 82.5 Å². The molecule has 184 valence electrons. The lowest BCUT2D eigenvalue weighted by Gasteiger charge is -2.49. The Morgan fingerprint density at radius 1 is 1.19 bits per heavy atom. The quantitative estimate of drug-likeness (QED) is 0.434. The highest BCUT2D eigenvalue weighted by atomic mass is 32.2. The maximum absolute atomic E-state index is 13.0. The van der Waals surface area contributed by atoms with Crippen molar-refractivity contribution in [3.8, 4) is 11.4 Å². The second-order valence-electron chi connectivity index (χ2n) is 8.08. The first-order chi connectivity index (χ1) is 17.5. The molecule has 2 aliphatic rings. The van der Waals surface area contributed by atoms with Crippen molar-refractivity contribution >= 4 is 41.3 Å². The Morgan fingerprint density at radius 3 is 2.75 bits per heavy atom. The Hall–Kier alpha value is -3.70. The molecule has 36 heavy (non-hydrogen) atoms. The highest BCUT2D eigenvalue weighted by Gasteiger charge is 2.54. The molecule has 0 bridgehead atoms. The molecule has 0 saturated carbocycles. The number of β-lactam (4-membered cyclic amide) rings is 1. The molecular weight excluding hydrogens is 500 g/mol. The van der Waals surface area contributed by atoms with E-state index in [1.165, 1.54) is 28.4 Å². The number of methoxy groups -OCH3 is 1. The highest BCUT2D eigenvalue weighted by molar-refractivity contribution is 8.06. The van der Waals surface area contributed by atoms with Gasteiger partial charge in [0, 0.05) is 16.7 Å². The zero-order chi connectivity index (χ0) is 25.2. The number of carboxylic acids is 1. The van der Waals surface area contributed by atoms with E-state index >= 15 is 0 Å². The van der Waals surface area contributed by atoms with E-state index in [-0.39, 0.29) is 18.0 Å². The van der Waals surface area contributed by atoms with Crippen molar-refractivity contribution in [2.24, 2.45) is 0 Å². The second kappa shape index (κ2) is 10.1. The number of hydrogen-bond acceptors (Lipinski definition) is 7. The fourth-order valence-electron chi connectivity index (χ4n) is 4.11. The molecule has 9 nitrogen and oxygen atoms in total. The summed E-state index contributed by atoms with van der Waals surface area (Å²) in [5, 5.41) is 17.4. The van der Waals surface area contributed by atoms with E-state index in [2.05, 4.69) is 10.4 Å². The summed E-state index contributed by atoms with van der Waals surface area (Å²) in [5.74, 6) is -0.826. The zero-order valence-corrected chi connectivity index (χ0v) is 20.8. The summed E-state index contributed by atoms with van der Waals surface area (Å²) < 4.78 is 6.99. The molecular formula is C25H22N4O5S2. The van der Waals surface area contributed by atoms with Gasteiger partial charge in [0.2, 0.25) is 5.91 Å². The standard InChI is InChI=1S/C25H22N4O5S2/c1-34-17-9-5-8-16(13-17)29-20(10-11-26-29)36-18-14-35-24-21(23(31)28(24)22(18)25(32)33)27-19(30)12-15-6-3-2-4-7-15/h2-11,13,21,24H,12,14H2,1H3,(H,27,30)(H,32,33)/t21-,24-/m1/s1. The Bertz CT molecular complexity index is 1360. The number of carboxylic acid groups (broad SMARTS) is 1. The van der Waals surface area contributed by atoms with Crippen molar-refractivity contribution in [3.05, 3.63) is 83.0 Å². The maximum atomic E-state index is 13.0. The van der Waals surface area contributed by atoms with Crippen LogP contribution in [0.5, 0.6) is 5.75 Å².